The Bertz CT molecular complexity index is 2060. The van der Waals surface area contributed by atoms with Crippen LogP contribution < -0.4 is 10.3 Å². The summed E-state index contributed by atoms with van der Waals surface area (Å²) in [5.74, 6) is -3.65. The Kier molecular flexibility index (Phi) is 7.10. The molecule has 0 unspecified atom stereocenters. The molecule has 0 amide bonds. The van der Waals surface area contributed by atoms with Crippen LogP contribution in [0.1, 0.15) is 51.9 Å². The summed E-state index contributed by atoms with van der Waals surface area (Å²) in [6, 6.07) is 8.91. The van der Waals surface area contributed by atoms with Gasteiger partial charge in [-0.2, -0.15) is 5.26 Å². The quantitative estimate of drug-likeness (QED) is 0.218. The first-order valence-electron chi connectivity index (χ1n) is 13.2. The van der Waals surface area contributed by atoms with Gasteiger partial charge >= 0.3 is 5.97 Å². The highest BCUT2D eigenvalue weighted by Gasteiger charge is 2.47. The number of aromatic carboxylic acids is 1. The number of nitriles is 1. The van der Waals surface area contributed by atoms with Crippen LogP contribution in [0.4, 0.5) is 8.78 Å². The largest absolute Gasteiger partial charge is 0.491 e. The second kappa shape index (κ2) is 10.7. The molecule has 1 aliphatic carbocycles. The van der Waals surface area contributed by atoms with E-state index in [1.54, 1.807) is 37.4 Å². The zero-order valence-corrected chi connectivity index (χ0v) is 24.4. The van der Waals surface area contributed by atoms with Gasteiger partial charge in [-0.1, -0.05) is 11.6 Å². The van der Waals surface area contributed by atoms with Crippen LogP contribution in [0, 0.1) is 25.2 Å². The average molecular weight is 622 g/mol. The molecule has 1 aliphatic rings. The van der Waals surface area contributed by atoms with Crippen molar-refractivity contribution >= 4 is 50.0 Å². The molecule has 13 heteroatoms. The first-order chi connectivity index (χ1) is 20.5. The molecule has 1 N–H and O–H groups in total. The van der Waals surface area contributed by atoms with E-state index >= 15 is 0 Å². The second-order valence-electron chi connectivity index (χ2n) is 10.4. The Labute approximate surface area is 252 Å². The van der Waals surface area contributed by atoms with E-state index in [-0.39, 0.29) is 40.9 Å². The molecule has 43 heavy (non-hydrogen) atoms. The van der Waals surface area contributed by atoms with Gasteiger partial charge in [0.15, 0.2) is 0 Å². The molecule has 1 aromatic carbocycles. The third-order valence-electron chi connectivity index (χ3n) is 7.49. The number of aryl methyl sites for hydroxylation is 2. The van der Waals surface area contributed by atoms with Gasteiger partial charge in [0.2, 0.25) is 5.92 Å². The SMILES string of the molecule is Cc1cc(-c2cc(Cl)ccc2OCCn2c(C)nc3cnc(C4CC(F)(F)C4)c(C#N)c3c2=O)c2scc(C(=O)O)c2n1. The fourth-order valence-electron chi connectivity index (χ4n) is 5.45. The molecule has 0 radical (unpaired) electrons. The summed E-state index contributed by atoms with van der Waals surface area (Å²) in [5.41, 5.74) is 2.33. The number of halogens is 3. The van der Waals surface area contributed by atoms with Crippen molar-refractivity contribution in [1.82, 2.24) is 19.5 Å². The molecular formula is C30H22ClF2N5O4S. The molecular weight excluding hydrogens is 600 g/mol. The lowest BCUT2D eigenvalue weighted by molar-refractivity contribution is -0.0876. The van der Waals surface area contributed by atoms with Crippen molar-refractivity contribution in [3.63, 3.8) is 0 Å². The number of carboxylic acid groups (broad SMARTS) is 1. The summed E-state index contributed by atoms with van der Waals surface area (Å²) in [6.07, 6.45) is 0.518. The summed E-state index contributed by atoms with van der Waals surface area (Å²) in [5, 5.41) is 21.5. The average Bonchev–Trinajstić information content (AvgIpc) is 3.37. The van der Waals surface area contributed by atoms with Crippen molar-refractivity contribution in [1.29, 1.82) is 5.26 Å². The number of hydrogen-bond acceptors (Lipinski definition) is 8. The minimum atomic E-state index is -2.81. The fraction of sp³-hybridized carbons (Fsp3) is 0.267. The molecule has 4 heterocycles. The Morgan fingerprint density at radius 1 is 1.26 bits per heavy atom. The first-order valence-corrected chi connectivity index (χ1v) is 14.5. The maximum atomic E-state index is 13.6. The highest BCUT2D eigenvalue weighted by atomic mass is 35.5. The number of carbonyl (C=O) groups is 1. The van der Waals surface area contributed by atoms with Gasteiger partial charge in [0.05, 0.1) is 50.7 Å². The van der Waals surface area contributed by atoms with Gasteiger partial charge in [-0.3, -0.25) is 19.3 Å². The number of benzene rings is 1. The molecule has 0 bridgehead atoms. The maximum absolute atomic E-state index is 13.6. The van der Waals surface area contributed by atoms with Crippen LogP contribution in [0.25, 0.3) is 32.2 Å². The molecule has 218 valence electrons. The number of carboxylic acids is 1. The minimum Gasteiger partial charge on any atom is -0.491 e. The van der Waals surface area contributed by atoms with Gasteiger partial charge in [-0.15, -0.1) is 11.3 Å². The van der Waals surface area contributed by atoms with Gasteiger partial charge < -0.3 is 9.84 Å². The smallest absolute Gasteiger partial charge is 0.338 e. The van der Waals surface area contributed by atoms with Crippen LogP contribution in [0.5, 0.6) is 5.75 Å². The topological polar surface area (TPSA) is 131 Å². The van der Waals surface area contributed by atoms with Crippen LogP contribution in [0.2, 0.25) is 5.02 Å². The second-order valence-corrected chi connectivity index (χ2v) is 11.7. The van der Waals surface area contributed by atoms with E-state index in [0.717, 1.165) is 0 Å². The first kappa shape index (κ1) is 28.6. The summed E-state index contributed by atoms with van der Waals surface area (Å²) >= 11 is 7.60. The summed E-state index contributed by atoms with van der Waals surface area (Å²) in [7, 11) is 0. The zero-order chi connectivity index (χ0) is 30.6. The molecule has 0 spiro atoms. The number of alkyl halides is 2. The Morgan fingerprint density at radius 2 is 2.02 bits per heavy atom. The third-order valence-corrected chi connectivity index (χ3v) is 8.73. The van der Waals surface area contributed by atoms with Gasteiger partial charge in [-0.25, -0.2) is 18.6 Å². The summed E-state index contributed by atoms with van der Waals surface area (Å²) in [6.45, 7) is 3.53. The van der Waals surface area contributed by atoms with E-state index in [9.17, 15) is 28.7 Å². The molecule has 0 saturated heterocycles. The van der Waals surface area contributed by atoms with Crippen LogP contribution >= 0.6 is 22.9 Å². The molecule has 9 nitrogen and oxygen atoms in total. The molecule has 6 rings (SSSR count). The molecule has 0 atom stereocenters. The van der Waals surface area contributed by atoms with E-state index in [2.05, 4.69) is 15.0 Å². The van der Waals surface area contributed by atoms with Gasteiger partial charge in [0.25, 0.3) is 5.56 Å². The number of rotatable bonds is 7. The van der Waals surface area contributed by atoms with E-state index in [0.29, 0.717) is 43.6 Å². The van der Waals surface area contributed by atoms with E-state index in [1.807, 2.05) is 12.1 Å². The van der Waals surface area contributed by atoms with Crippen LogP contribution in [0.3, 0.4) is 0 Å². The van der Waals surface area contributed by atoms with Crippen molar-refractivity contribution in [2.24, 2.45) is 0 Å². The molecule has 4 aromatic heterocycles. The van der Waals surface area contributed by atoms with Crippen molar-refractivity contribution in [3.05, 3.63) is 79.6 Å². The number of aromatic nitrogens is 4. The number of ether oxygens (including phenoxy) is 1. The highest BCUT2D eigenvalue weighted by molar-refractivity contribution is 7.18. The Hall–Kier alpha value is -4.47. The Morgan fingerprint density at radius 3 is 2.72 bits per heavy atom. The minimum absolute atomic E-state index is 0.0288. The van der Waals surface area contributed by atoms with Crippen molar-refractivity contribution in [2.75, 3.05) is 6.61 Å². The number of hydrogen-bond donors (Lipinski definition) is 1. The predicted molar refractivity (Wildman–Crippen MR) is 157 cm³/mol. The van der Waals surface area contributed by atoms with Gasteiger partial charge in [-0.05, 0) is 38.1 Å². The third kappa shape index (κ3) is 5.08. The summed E-state index contributed by atoms with van der Waals surface area (Å²) in [4.78, 5) is 38.5. The highest BCUT2D eigenvalue weighted by Crippen LogP contribution is 2.48. The van der Waals surface area contributed by atoms with Gasteiger partial charge in [0.1, 0.15) is 24.3 Å². The monoisotopic (exact) mass is 621 g/mol. The summed E-state index contributed by atoms with van der Waals surface area (Å²) < 4.78 is 35.3. The number of fused-ring (bicyclic) bond motifs is 2. The normalized spacial score (nSPS) is 14.5. The van der Waals surface area contributed by atoms with Crippen molar-refractivity contribution in [2.45, 2.75) is 45.1 Å². The van der Waals surface area contributed by atoms with Crippen molar-refractivity contribution < 1.29 is 23.4 Å². The fourth-order valence-corrected chi connectivity index (χ4v) is 6.63. The number of thiophene rings is 1. The molecule has 1 saturated carbocycles. The van der Waals surface area contributed by atoms with Crippen molar-refractivity contribution in [3.8, 4) is 22.9 Å². The number of nitrogens with zero attached hydrogens (tertiary/aromatic N) is 5. The van der Waals surface area contributed by atoms with Crippen LogP contribution in [-0.2, 0) is 6.54 Å². The standard InChI is InChI=1S/C30H22ClF2N5O4S/c1-14-7-19(27-26(36-14)21(13-43-27)29(40)41)18-8-17(31)3-4-23(18)42-6-5-38-15(2)37-22-12-35-25(16-9-30(32,33)10-16)20(11-34)24(22)28(38)39/h3-4,7-8,12-13,16H,5-6,9-10H2,1-2H3,(H,40,41). The molecule has 0 aliphatic heterocycles. The lowest BCUT2D eigenvalue weighted by Gasteiger charge is -2.34. The zero-order valence-electron chi connectivity index (χ0n) is 22.8. The maximum Gasteiger partial charge on any atom is 0.338 e. The Balaban J connectivity index is 1.34. The predicted octanol–water partition coefficient (Wildman–Crippen LogP) is 6.50. The lowest BCUT2D eigenvalue weighted by atomic mass is 9.77. The van der Waals surface area contributed by atoms with E-state index in [1.165, 1.54) is 22.1 Å². The van der Waals surface area contributed by atoms with E-state index < -0.39 is 36.2 Å². The molecule has 5 aromatic rings. The van der Waals surface area contributed by atoms with Crippen LogP contribution in [-0.4, -0.2) is 43.1 Å². The lowest BCUT2D eigenvalue weighted by Crippen LogP contribution is -2.35. The number of pyridine rings is 2. The van der Waals surface area contributed by atoms with Gasteiger partial charge in [0, 0.05) is 46.0 Å². The van der Waals surface area contributed by atoms with E-state index in [4.69, 9.17) is 16.3 Å². The molecule has 1 fully saturated rings. The van der Waals surface area contributed by atoms with Crippen LogP contribution in [0.15, 0.2) is 40.6 Å².